The van der Waals surface area contributed by atoms with Crippen LogP contribution in [0.15, 0.2) is 24.3 Å². The van der Waals surface area contributed by atoms with E-state index in [0.29, 0.717) is 17.9 Å². The van der Waals surface area contributed by atoms with Gasteiger partial charge in [-0.3, -0.25) is 9.69 Å². The first kappa shape index (κ1) is 17.8. The maximum atomic E-state index is 12.1. The van der Waals surface area contributed by atoms with E-state index in [9.17, 15) is 4.79 Å². The van der Waals surface area contributed by atoms with Crippen molar-refractivity contribution in [3.8, 4) is 5.75 Å². The van der Waals surface area contributed by atoms with Crippen LogP contribution >= 0.6 is 12.4 Å². The predicted molar refractivity (Wildman–Crippen MR) is 84.5 cm³/mol. The molecule has 1 aromatic rings. The second-order valence-corrected chi connectivity index (χ2v) is 4.76. The molecule has 1 saturated heterocycles. The number of halogens is 1. The van der Waals surface area contributed by atoms with Gasteiger partial charge in [-0.1, -0.05) is 12.1 Å². The molecule has 0 bridgehead atoms. The first-order chi connectivity index (χ1) is 9.81. The third kappa shape index (κ3) is 5.53. The number of nitrogens with zero attached hydrogens (tertiary/aromatic N) is 1. The number of hydrogen-bond donors (Lipinski definition) is 1. The molecule has 1 heterocycles. The summed E-state index contributed by atoms with van der Waals surface area (Å²) in [5.41, 5.74) is 0.585. The highest BCUT2D eigenvalue weighted by Crippen LogP contribution is 2.16. The molecule has 6 heteroatoms. The van der Waals surface area contributed by atoms with Gasteiger partial charge in [-0.25, -0.2) is 0 Å². The van der Waals surface area contributed by atoms with Crippen LogP contribution in [0.4, 0.5) is 0 Å². The minimum atomic E-state index is -0.0792. The van der Waals surface area contributed by atoms with Gasteiger partial charge in [-0.2, -0.15) is 0 Å². The molecule has 1 aliphatic rings. The quantitative estimate of drug-likeness (QED) is 0.810. The average molecular weight is 315 g/mol. The number of amides is 1. The van der Waals surface area contributed by atoms with Crippen molar-refractivity contribution in [1.29, 1.82) is 0 Å². The molecular weight excluding hydrogens is 292 g/mol. The van der Waals surface area contributed by atoms with Crippen LogP contribution in [-0.2, 0) is 4.74 Å². The summed E-state index contributed by atoms with van der Waals surface area (Å²) in [5.74, 6) is 0.530. The fourth-order valence-corrected chi connectivity index (χ4v) is 2.26. The molecule has 1 fully saturated rings. The molecule has 1 aromatic carbocycles. The maximum Gasteiger partial charge on any atom is 0.255 e. The van der Waals surface area contributed by atoms with Gasteiger partial charge < -0.3 is 14.8 Å². The van der Waals surface area contributed by atoms with Crippen molar-refractivity contribution in [1.82, 2.24) is 10.2 Å². The molecule has 2 rings (SSSR count). The zero-order valence-corrected chi connectivity index (χ0v) is 13.2. The summed E-state index contributed by atoms with van der Waals surface area (Å²) in [6.45, 7) is 5.27. The second kappa shape index (κ2) is 9.60. The van der Waals surface area contributed by atoms with Gasteiger partial charge in [-0.05, 0) is 25.1 Å². The van der Waals surface area contributed by atoms with Gasteiger partial charge in [0.1, 0.15) is 5.75 Å². The van der Waals surface area contributed by atoms with E-state index in [4.69, 9.17) is 9.47 Å². The van der Waals surface area contributed by atoms with E-state index in [1.807, 2.05) is 12.1 Å². The fraction of sp³-hybridized carbons (Fsp3) is 0.533. The fourth-order valence-electron chi connectivity index (χ4n) is 2.26. The number of methoxy groups -OCH3 is 1. The summed E-state index contributed by atoms with van der Waals surface area (Å²) in [6, 6.07) is 7.26. The minimum absolute atomic E-state index is 0. The Morgan fingerprint density at radius 3 is 2.76 bits per heavy atom. The van der Waals surface area contributed by atoms with Gasteiger partial charge >= 0.3 is 0 Å². The Morgan fingerprint density at radius 2 is 2.05 bits per heavy atom. The molecule has 0 saturated carbocycles. The van der Waals surface area contributed by atoms with Crippen molar-refractivity contribution in [3.05, 3.63) is 29.8 Å². The molecule has 0 radical (unpaired) electrons. The molecule has 1 aliphatic heterocycles. The van der Waals surface area contributed by atoms with E-state index in [0.717, 1.165) is 39.3 Å². The first-order valence-electron chi connectivity index (χ1n) is 7.02. The van der Waals surface area contributed by atoms with Gasteiger partial charge in [0.2, 0.25) is 0 Å². The van der Waals surface area contributed by atoms with Crippen LogP contribution in [0.3, 0.4) is 0 Å². The summed E-state index contributed by atoms with van der Waals surface area (Å²) in [6.07, 6.45) is 0.945. The number of morpholine rings is 1. The van der Waals surface area contributed by atoms with Crippen LogP contribution in [-0.4, -0.2) is 57.3 Å². The Kier molecular flexibility index (Phi) is 8.12. The molecule has 0 atom stereocenters. The molecule has 0 unspecified atom stereocenters. The van der Waals surface area contributed by atoms with Crippen molar-refractivity contribution >= 4 is 18.3 Å². The van der Waals surface area contributed by atoms with E-state index in [2.05, 4.69) is 10.2 Å². The largest absolute Gasteiger partial charge is 0.496 e. The molecule has 0 aromatic heterocycles. The number of para-hydroxylation sites is 1. The lowest BCUT2D eigenvalue weighted by Gasteiger charge is -2.26. The van der Waals surface area contributed by atoms with E-state index in [1.165, 1.54) is 0 Å². The van der Waals surface area contributed by atoms with Crippen LogP contribution < -0.4 is 10.1 Å². The number of ether oxygens (including phenoxy) is 2. The summed E-state index contributed by atoms with van der Waals surface area (Å²) >= 11 is 0. The molecular formula is C15H23ClN2O3. The lowest BCUT2D eigenvalue weighted by atomic mass is 10.2. The summed E-state index contributed by atoms with van der Waals surface area (Å²) in [5, 5.41) is 2.94. The normalized spacial score (nSPS) is 15.1. The average Bonchev–Trinajstić information content (AvgIpc) is 2.52. The van der Waals surface area contributed by atoms with Gasteiger partial charge in [0.05, 0.1) is 25.9 Å². The lowest BCUT2D eigenvalue weighted by molar-refractivity contribution is 0.0374. The maximum absolute atomic E-state index is 12.1. The molecule has 1 N–H and O–H groups in total. The minimum Gasteiger partial charge on any atom is -0.496 e. The Morgan fingerprint density at radius 1 is 1.33 bits per heavy atom. The third-order valence-corrected chi connectivity index (χ3v) is 3.39. The zero-order chi connectivity index (χ0) is 14.2. The van der Waals surface area contributed by atoms with E-state index >= 15 is 0 Å². The van der Waals surface area contributed by atoms with Gasteiger partial charge in [0.15, 0.2) is 0 Å². The third-order valence-electron chi connectivity index (χ3n) is 3.39. The second-order valence-electron chi connectivity index (χ2n) is 4.76. The molecule has 1 amide bonds. The molecule has 5 nitrogen and oxygen atoms in total. The van der Waals surface area contributed by atoms with E-state index in [-0.39, 0.29) is 18.3 Å². The topological polar surface area (TPSA) is 50.8 Å². The summed E-state index contributed by atoms with van der Waals surface area (Å²) < 4.78 is 10.5. The van der Waals surface area contributed by atoms with Crippen molar-refractivity contribution < 1.29 is 14.3 Å². The van der Waals surface area contributed by atoms with Crippen molar-refractivity contribution in [3.63, 3.8) is 0 Å². The van der Waals surface area contributed by atoms with Gasteiger partial charge in [-0.15, -0.1) is 12.4 Å². The molecule has 118 valence electrons. The monoisotopic (exact) mass is 314 g/mol. The number of rotatable bonds is 6. The lowest BCUT2D eigenvalue weighted by Crippen LogP contribution is -2.38. The summed E-state index contributed by atoms with van der Waals surface area (Å²) in [4.78, 5) is 14.4. The van der Waals surface area contributed by atoms with Crippen LogP contribution in [0.25, 0.3) is 0 Å². The molecule has 0 spiro atoms. The first-order valence-corrected chi connectivity index (χ1v) is 7.02. The molecule has 21 heavy (non-hydrogen) atoms. The highest BCUT2D eigenvalue weighted by atomic mass is 35.5. The van der Waals surface area contributed by atoms with Gasteiger partial charge in [0.25, 0.3) is 5.91 Å². The number of nitrogens with one attached hydrogen (secondary N) is 1. The Labute approximate surface area is 132 Å². The van der Waals surface area contributed by atoms with Crippen LogP contribution in [0.1, 0.15) is 16.8 Å². The van der Waals surface area contributed by atoms with Crippen molar-refractivity contribution in [2.75, 3.05) is 46.5 Å². The number of carbonyl (C=O) groups excluding carboxylic acids is 1. The number of benzene rings is 1. The Bertz CT molecular complexity index is 437. The highest BCUT2D eigenvalue weighted by molar-refractivity contribution is 5.96. The zero-order valence-electron chi connectivity index (χ0n) is 12.3. The predicted octanol–water partition coefficient (Wildman–Crippen LogP) is 1.57. The van der Waals surface area contributed by atoms with Crippen LogP contribution in [0.5, 0.6) is 5.75 Å². The van der Waals surface area contributed by atoms with Gasteiger partial charge in [0, 0.05) is 19.6 Å². The Hall–Kier alpha value is -1.30. The number of carbonyl (C=O) groups is 1. The van der Waals surface area contributed by atoms with Crippen LogP contribution in [0.2, 0.25) is 0 Å². The summed E-state index contributed by atoms with van der Waals surface area (Å²) in [7, 11) is 1.57. The van der Waals surface area contributed by atoms with Crippen LogP contribution in [0, 0.1) is 0 Å². The molecule has 0 aliphatic carbocycles. The van der Waals surface area contributed by atoms with Crippen molar-refractivity contribution in [2.45, 2.75) is 6.42 Å². The van der Waals surface area contributed by atoms with E-state index in [1.54, 1.807) is 19.2 Å². The standard InChI is InChI=1S/C15H22N2O3.ClH/c1-19-14-6-3-2-5-13(14)15(18)16-7-4-8-17-9-11-20-12-10-17;/h2-3,5-6H,4,7-12H2,1H3,(H,16,18);1H. The Balaban J connectivity index is 0.00000220. The SMILES string of the molecule is COc1ccccc1C(=O)NCCCN1CCOCC1.Cl. The van der Waals surface area contributed by atoms with E-state index < -0.39 is 0 Å². The smallest absolute Gasteiger partial charge is 0.255 e. The van der Waals surface area contributed by atoms with Crippen molar-refractivity contribution in [2.24, 2.45) is 0 Å². The number of hydrogen-bond acceptors (Lipinski definition) is 4. The highest BCUT2D eigenvalue weighted by Gasteiger charge is 2.12.